The Morgan fingerprint density at radius 2 is 2.00 bits per heavy atom. The minimum atomic E-state index is 0.570. The lowest BCUT2D eigenvalue weighted by molar-refractivity contribution is 0.275. The van der Waals surface area contributed by atoms with Gasteiger partial charge in [-0.1, -0.05) is 6.92 Å². The van der Waals surface area contributed by atoms with Crippen LogP contribution in [0.5, 0.6) is 11.5 Å². The van der Waals surface area contributed by atoms with Gasteiger partial charge in [0.25, 0.3) is 0 Å². The van der Waals surface area contributed by atoms with Crippen molar-refractivity contribution in [3.05, 3.63) is 34.8 Å². The van der Waals surface area contributed by atoms with Crippen molar-refractivity contribution in [2.45, 2.75) is 20.3 Å². The minimum absolute atomic E-state index is 0.570. The molecule has 0 spiro atoms. The van der Waals surface area contributed by atoms with Crippen LogP contribution in [0, 0.1) is 0 Å². The first kappa shape index (κ1) is 15.5. The third-order valence-corrected chi connectivity index (χ3v) is 3.12. The average Bonchev–Trinajstić information content (AvgIpc) is 2.98. The Bertz CT molecular complexity index is 599. The van der Waals surface area contributed by atoms with Crippen molar-refractivity contribution >= 4 is 22.1 Å². The highest BCUT2D eigenvalue weighted by molar-refractivity contribution is 9.10. The minimum Gasteiger partial charge on any atom is -0.490 e. The molecule has 7 heteroatoms. The summed E-state index contributed by atoms with van der Waals surface area (Å²) < 4.78 is 13.7. The highest BCUT2D eigenvalue weighted by Crippen LogP contribution is 2.36. The van der Waals surface area contributed by atoms with Crippen LogP contribution < -0.4 is 9.47 Å². The van der Waals surface area contributed by atoms with Crippen LogP contribution >= 0.6 is 15.9 Å². The van der Waals surface area contributed by atoms with E-state index >= 15 is 0 Å². The van der Waals surface area contributed by atoms with Gasteiger partial charge >= 0.3 is 0 Å². The molecule has 0 unspecified atom stereocenters. The Labute approximate surface area is 131 Å². The third-order valence-electron chi connectivity index (χ3n) is 2.53. The topological polar surface area (TPSA) is 61.5 Å². The van der Waals surface area contributed by atoms with Crippen LogP contribution in [-0.2, 0) is 0 Å². The number of hydrogen-bond donors (Lipinski definition) is 0. The molecular weight excluding hydrogens is 336 g/mol. The Hall–Kier alpha value is -1.89. The second-order valence-electron chi connectivity index (χ2n) is 4.20. The zero-order chi connectivity index (χ0) is 15.1. The van der Waals surface area contributed by atoms with Crippen LogP contribution in [0.2, 0.25) is 0 Å². The Morgan fingerprint density at radius 1 is 1.24 bits per heavy atom. The predicted molar refractivity (Wildman–Crippen MR) is 84.1 cm³/mol. The number of rotatable bonds is 7. The first-order chi connectivity index (χ1) is 10.2. The largest absolute Gasteiger partial charge is 0.490 e. The number of hydrogen-bond acceptors (Lipinski definition) is 5. The van der Waals surface area contributed by atoms with Gasteiger partial charge in [0.15, 0.2) is 11.5 Å². The average molecular weight is 353 g/mol. The van der Waals surface area contributed by atoms with Gasteiger partial charge in [-0.25, -0.2) is 4.68 Å². The van der Waals surface area contributed by atoms with Crippen molar-refractivity contribution < 1.29 is 9.47 Å². The van der Waals surface area contributed by atoms with E-state index in [1.165, 1.54) is 17.3 Å². The van der Waals surface area contributed by atoms with E-state index in [-0.39, 0.29) is 0 Å². The third kappa shape index (κ3) is 4.29. The molecule has 1 aromatic heterocycles. The summed E-state index contributed by atoms with van der Waals surface area (Å²) in [6.07, 6.45) is 5.69. The highest BCUT2D eigenvalue weighted by Gasteiger charge is 2.11. The normalized spacial score (nSPS) is 11.0. The van der Waals surface area contributed by atoms with Crippen molar-refractivity contribution in [3.63, 3.8) is 0 Å². The van der Waals surface area contributed by atoms with Crippen molar-refractivity contribution in [2.24, 2.45) is 5.10 Å². The van der Waals surface area contributed by atoms with E-state index in [1.54, 1.807) is 6.21 Å². The maximum absolute atomic E-state index is 5.73. The number of ether oxygens (including phenoxy) is 2. The number of aromatic nitrogens is 3. The zero-order valence-corrected chi connectivity index (χ0v) is 13.6. The molecule has 0 aliphatic heterocycles. The van der Waals surface area contributed by atoms with Crippen molar-refractivity contribution in [1.29, 1.82) is 0 Å². The molecular formula is C14H17BrN4O2. The molecule has 0 atom stereocenters. The lowest BCUT2D eigenvalue weighted by atomic mass is 10.2. The fraction of sp³-hybridized carbons (Fsp3) is 0.357. The van der Waals surface area contributed by atoms with E-state index in [2.05, 4.69) is 38.2 Å². The smallest absolute Gasteiger partial charge is 0.175 e. The summed E-state index contributed by atoms with van der Waals surface area (Å²) in [6, 6.07) is 3.83. The van der Waals surface area contributed by atoms with Gasteiger partial charge in [-0.2, -0.15) is 5.10 Å². The number of benzene rings is 1. The van der Waals surface area contributed by atoms with Gasteiger partial charge in [0.2, 0.25) is 0 Å². The van der Waals surface area contributed by atoms with Gasteiger partial charge in [-0.05, 0) is 47.0 Å². The highest BCUT2D eigenvalue weighted by atomic mass is 79.9. The summed E-state index contributed by atoms with van der Waals surface area (Å²) >= 11 is 3.52. The molecule has 0 N–H and O–H groups in total. The molecule has 0 saturated carbocycles. The number of nitrogens with zero attached hydrogens (tertiary/aromatic N) is 4. The second kappa shape index (κ2) is 7.78. The van der Waals surface area contributed by atoms with E-state index in [0.717, 1.165) is 22.2 Å². The Balaban J connectivity index is 2.27. The molecule has 0 bridgehead atoms. The van der Waals surface area contributed by atoms with Crippen molar-refractivity contribution in [2.75, 3.05) is 13.2 Å². The van der Waals surface area contributed by atoms with Crippen LogP contribution in [0.4, 0.5) is 0 Å². The summed E-state index contributed by atoms with van der Waals surface area (Å²) in [5.41, 5.74) is 0.892. The summed E-state index contributed by atoms with van der Waals surface area (Å²) in [6.45, 7) is 5.22. The maximum Gasteiger partial charge on any atom is 0.175 e. The predicted octanol–water partition coefficient (Wildman–Crippen LogP) is 3.11. The lowest BCUT2D eigenvalue weighted by Crippen LogP contribution is -2.02. The first-order valence-corrected chi connectivity index (χ1v) is 7.52. The van der Waals surface area contributed by atoms with Gasteiger partial charge in [0.05, 0.1) is 23.9 Å². The summed E-state index contributed by atoms with van der Waals surface area (Å²) in [4.78, 5) is 0. The fourth-order valence-corrected chi connectivity index (χ4v) is 2.23. The summed E-state index contributed by atoms with van der Waals surface area (Å²) in [5, 5.41) is 11.6. The Morgan fingerprint density at radius 3 is 2.67 bits per heavy atom. The van der Waals surface area contributed by atoms with Gasteiger partial charge in [-0.15, -0.1) is 10.2 Å². The summed E-state index contributed by atoms with van der Waals surface area (Å²) in [5.74, 6) is 1.42. The van der Waals surface area contributed by atoms with Crippen LogP contribution in [-0.4, -0.2) is 34.3 Å². The Kier molecular flexibility index (Phi) is 5.74. The maximum atomic E-state index is 5.73. The molecule has 6 nitrogen and oxygen atoms in total. The second-order valence-corrected chi connectivity index (χ2v) is 5.05. The van der Waals surface area contributed by atoms with E-state index < -0.39 is 0 Å². The van der Waals surface area contributed by atoms with Gasteiger partial charge < -0.3 is 9.47 Å². The molecule has 0 aliphatic rings. The van der Waals surface area contributed by atoms with E-state index in [1.807, 2.05) is 19.1 Å². The quantitative estimate of drug-likeness (QED) is 0.718. The zero-order valence-electron chi connectivity index (χ0n) is 12.0. The van der Waals surface area contributed by atoms with Crippen LogP contribution in [0.3, 0.4) is 0 Å². The fourth-order valence-electron chi connectivity index (χ4n) is 1.66. The van der Waals surface area contributed by atoms with Crippen molar-refractivity contribution in [1.82, 2.24) is 14.9 Å². The monoisotopic (exact) mass is 352 g/mol. The molecule has 0 aliphatic carbocycles. The molecule has 0 radical (unpaired) electrons. The molecule has 1 heterocycles. The van der Waals surface area contributed by atoms with Crippen LogP contribution in [0.15, 0.2) is 34.4 Å². The van der Waals surface area contributed by atoms with Crippen LogP contribution in [0.1, 0.15) is 25.8 Å². The SMILES string of the molecule is CCCOc1c(Br)cc(C=Nn2cnnc2)cc1OCC. The molecule has 112 valence electrons. The molecule has 0 saturated heterocycles. The van der Waals surface area contributed by atoms with E-state index in [9.17, 15) is 0 Å². The molecule has 21 heavy (non-hydrogen) atoms. The molecule has 2 rings (SSSR count). The van der Waals surface area contributed by atoms with Gasteiger partial charge in [-0.3, -0.25) is 0 Å². The van der Waals surface area contributed by atoms with Gasteiger partial charge in [0, 0.05) is 0 Å². The van der Waals surface area contributed by atoms with E-state index in [0.29, 0.717) is 19.0 Å². The van der Waals surface area contributed by atoms with E-state index in [4.69, 9.17) is 9.47 Å². The van der Waals surface area contributed by atoms with Crippen LogP contribution in [0.25, 0.3) is 0 Å². The summed E-state index contributed by atoms with van der Waals surface area (Å²) in [7, 11) is 0. The molecule has 1 aromatic carbocycles. The standard InChI is InChI=1S/C14H17BrN4O2/c1-3-5-21-14-12(15)6-11(7-13(14)20-4-2)8-18-19-9-16-17-10-19/h6-10H,3-5H2,1-2H3. The van der Waals surface area contributed by atoms with Crippen molar-refractivity contribution in [3.8, 4) is 11.5 Å². The molecule has 0 amide bonds. The lowest BCUT2D eigenvalue weighted by Gasteiger charge is -2.14. The van der Waals surface area contributed by atoms with Gasteiger partial charge in [0.1, 0.15) is 12.7 Å². The molecule has 2 aromatic rings. The molecule has 0 fully saturated rings. The first-order valence-electron chi connectivity index (χ1n) is 6.72. The number of halogens is 1.